The molecule has 0 atom stereocenters. The molecule has 5 rings (SSSR count). The van der Waals surface area contributed by atoms with Gasteiger partial charge in [0.25, 0.3) is 6.01 Å². The van der Waals surface area contributed by atoms with Gasteiger partial charge in [-0.15, -0.1) is 0 Å². The summed E-state index contributed by atoms with van der Waals surface area (Å²) in [5.41, 5.74) is 4.10. The number of nitrogens with zero attached hydrogens (tertiary/aromatic N) is 2. The van der Waals surface area contributed by atoms with E-state index in [9.17, 15) is 9.18 Å². The highest BCUT2D eigenvalue weighted by atomic mass is 35.5. The Morgan fingerprint density at radius 1 is 1.03 bits per heavy atom. The second-order valence-corrected chi connectivity index (χ2v) is 8.99. The lowest BCUT2D eigenvalue weighted by Crippen LogP contribution is -2.28. The zero-order valence-electron chi connectivity index (χ0n) is 18.9. The van der Waals surface area contributed by atoms with Crippen molar-refractivity contribution in [2.75, 3.05) is 7.11 Å². The molecule has 0 spiro atoms. The monoisotopic (exact) mass is 495 g/mol. The third-order valence-electron chi connectivity index (χ3n) is 6.35. The Morgan fingerprint density at radius 2 is 1.71 bits per heavy atom. The summed E-state index contributed by atoms with van der Waals surface area (Å²) in [5, 5.41) is 9.60. The van der Waals surface area contributed by atoms with Crippen molar-refractivity contribution in [2.45, 2.75) is 31.8 Å². The van der Waals surface area contributed by atoms with Crippen LogP contribution in [0.4, 0.5) is 4.39 Å². The molecule has 1 aliphatic rings. The van der Waals surface area contributed by atoms with E-state index in [2.05, 4.69) is 15.0 Å². The van der Waals surface area contributed by atoms with Gasteiger partial charge in [0, 0.05) is 5.56 Å². The second kappa shape index (κ2) is 9.54. The highest BCUT2D eigenvalue weighted by molar-refractivity contribution is 6.33. The van der Waals surface area contributed by atoms with Crippen LogP contribution >= 0.6 is 11.6 Å². The maximum Gasteiger partial charge on any atom is 0.306 e. The number of methoxy groups -OCH3 is 1. The molecule has 180 valence electrons. The van der Waals surface area contributed by atoms with Crippen molar-refractivity contribution in [3.05, 3.63) is 59.4 Å². The van der Waals surface area contributed by atoms with Gasteiger partial charge in [-0.2, -0.15) is 4.98 Å². The summed E-state index contributed by atoms with van der Waals surface area (Å²) in [6.07, 6.45) is 2.42. The number of H-pyrrole nitrogens is 1. The van der Waals surface area contributed by atoms with E-state index in [0.29, 0.717) is 53.6 Å². The molecule has 0 bridgehead atoms. The number of fused-ring (bicyclic) bond motifs is 1. The van der Waals surface area contributed by atoms with Crippen LogP contribution < -0.4 is 9.47 Å². The van der Waals surface area contributed by atoms with Crippen molar-refractivity contribution in [1.82, 2.24) is 15.0 Å². The molecular weight excluding hydrogens is 473 g/mol. The first-order valence-electron chi connectivity index (χ1n) is 11.3. The van der Waals surface area contributed by atoms with Gasteiger partial charge in [0.15, 0.2) is 17.2 Å². The molecule has 0 saturated heterocycles. The Hall–Kier alpha value is -3.65. The Balaban J connectivity index is 1.35. The van der Waals surface area contributed by atoms with Gasteiger partial charge < -0.3 is 14.6 Å². The summed E-state index contributed by atoms with van der Waals surface area (Å²) in [7, 11) is 1.43. The first-order chi connectivity index (χ1) is 16.9. The molecule has 0 radical (unpaired) electrons. The molecular formula is C26H23ClFN3O4. The van der Waals surface area contributed by atoms with Gasteiger partial charge in [0.1, 0.15) is 11.6 Å². The maximum atomic E-state index is 14.1. The number of rotatable bonds is 6. The summed E-state index contributed by atoms with van der Waals surface area (Å²) in [4.78, 5) is 23.3. The summed E-state index contributed by atoms with van der Waals surface area (Å²) in [5.74, 6) is -1.27. The number of carbonyl (C=O) groups is 1. The van der Waals surface area contributed by atoms with E-state index in [1.165, 1.54) is 13.2 Å². The molecule has 0 amide bonds. The van der Waals surface area contributed by atoms with Crippen molar-refractivity contribution in [2.24, 2.45) is 5.92 Å². The van der Waals surface area contributed by atoms with E-state index in [4.69, 9.17) is 26.2 Å². The lowest BCUT2D eigenvalue weighted by molar-refractivity contribution is -0.143. The zero-order valence-corrected chi connectivity index (χ0v) is 19.7. The standard InChI is InChI=1S/C26H23ClFN3O4/c1-34-22-11-8-17(12-20(22)28)14-2-4-15(5-3-14)23-19(27)13-21-24(30-23)31-26(29-21)35-18-9-6-16(7-10-18)25(32)33/h2-5,8,11-13,16,18H,6-7,9-10H2,1H3,(H,32,33)(H,29,30,31)/t16-,18-. The van der Waals surface area contributed by atoms with Crippen molar-refractivity contribution in [3.63, 3.8) is 0 Å². The van der Waals surface area contributed by atoms with E-state index < -0.39 is 11.8 Å². The van der Waals surface area contributed by atoms with Crippen LogP contribution in [0.1, 0.15) is 25.7 Å². The van der Waals surface area contributed by atoms with Crippen LogP contribution in [0.2, 0.25) is 5.02 Å². The highest BCUT2D eigenvalue weighted by Gasteiger charge is 2.27. The molecule has 0 unspecified atom stereocenters. The average molecular weight is 496 g/mol. The van der Waals surface area contributed by atoms with Gasteiger partial charge in [0.2, 0.25) is 0 Å². The fourth-order valence-corrected chi connectivity index (χ4v) is 4.66. The van der Waals surface area contributed by atoms with Gasteiger partial charge in [-0.05, 0) is 55.0 Å². The molecule has 1 aliphatic carbocycles. The molecule has 1 fully saturated rings. The van der Waals surface area contributed by atoms with Crippen LogP contribution in [-0.2, 0) is 4.79 Å². The van der Waals surface area contributed by atoms with Gasteiger partial charge in [-0.25, -0.2) is 9.37 Å². The molecule has 2 aromatic heterocycles. The summed E-state index contributed by atoms with van der Waals surface area (Å²) >= 11 is 6.52. The molecule has 7 nitrogen and oxygen atoms in total. The van der Waals surface area contributed by atoms with E-state index in [-0.39, 0.29) is 17.8 Å². The van der Waals surface area contributed by atoms with Crippen molar-refractivity contribution in [3.8, 4) is 34.1 Å². The fraction of sp³-hybridized carbons (Fsp3) is 0.269. The number of halogens is 2. The number of aromatic amines is 1. The Bertz CT molecular complexity index is 1380. The molecule has 1 saturated carbocycles. The lowest BCUT2D eigenvalue weighted by Gasteiger charge is -2.25. The molecule has 2 aromatic carbocycles. The maximum absolute atomic E-state index is 14.1. The van der Waals surface area contributed by atoms with Crippen molar-refractivity contribution >= 4 is 28.7 Å². The predicted octanol–water partition coefficient (Wildman–Crippen LogP) is 6.12. The normalized spacial score (nSPS) is 17.9. The average Bonchev–Trinajstić information content (AvgIpc) is 3.24. The van der Waals surface area contributed by atoms with Crippen molar-refractivity contribution < 1.29 is 23.8 Å². The number of aliphatic carboxylic acids is 1. The fourth-order valence-electron chi connectivity index (χ4n) is 4.41. The van der Waals surface area contributed by atoms with Crippen LogP contribution in [0, 0.1) is 11.7 Å². The second-order valence-electron chi connectivity index (χ2n) is 8.58. The number of benzene rings is 2. The number of hydrogen-bond acceptors (Lipinski definition) is 5. The number of imidazole rings is 1. The number of ether oxygens (including phenoxy) is 2. The third-order valence-corrected chi connectivity index (χ3v) is 6.64. The van der Waals surface area contributed by atoms with Crippen molar-refractivity contribution in [1.29, 1.82) is 0 Å². The first kappa shape index (κ1) is 23.1. The number of nitrogens with one attached hydrogen (secondary N) is 1. The third kappa shape index (κ3) is 4.79. The zero-order chi connectivity index (χ0) is 24.5. The highest BCUT2D eigenvalue weighted by Crippen LogP contribution is 2.33. The molecule has 2 heterocycles. The summed E-state index contributed by atoms with van der Waals surface area (Å²) in [6.45, 7) is 0. The molecule has 4 aromatic rings. The predicted molar refractivity (Wildman–Crippen MR) is 130 cm³/mol. The van der Waals surface area contributed by atoms with E-state index in [0.717, 1.165) is 16.7 Å². The molecule has 0 aliphatic heterocycles. The molecule has 35 heavy (non-hydrogen) atoms. The van der Waals surface area contributed by atoms with Gasteiger partial charge in [0.05, 0.1) is 23.7 Å². The number of hydrogen-bond donors (Lipinski definition) is 2. The topological polar surface area (TPSA) is 97.3 Å². The van der Waals surface area contributed by atoms with Crippen LogP contribution in [0.5, 0.6) is 11.8 Å². The Morgan fingerprint density at radius 3 is 2.37 bits per heavy atom. The van der Waals surface area contributed by atoms with Crippen LogP contribution in [0.25, 0.3) is 33.5 Å². The van der Waals surface area contributed by atoms with Crippen LogP contribution in [0.15, 0.2) is 48.5 Å². The quantitative estimate of drug-likeness (QED) is 0.334. The Labute approximate surface area is 205 Å². The van der Waals surface area contributed by atoms with E-state index in [1.807, 2.05) is 24.3 Å². The number of carboxylic acid groups (broad SMARTS) is 1. The summed E-state index contributed by atoms with van der Waals surface area (Å²) < 4.78 is 25.0. The molecule has 2 N–H and O–H groups in total. The minimum Gasteiger partial charge on any atom is -0.494 e. The van der Waals surface area contributed by atoms with Gasteiger partial charge in [-0.1, -0.05) is 41.9 Å². The number of aromatic nitrogens is 3. The van der Waals surface area contributed by atoms with Crippen LogP contribution in [0.3, 0.4) is 0 Å². The SMILES string of the molecule is COc1ccc(-c2ccc(-c3nc4[nH]c(O[C@H]5CC[C@H](C(=O)O)CC5)nc4cc3Cl)cc2)cc1F. The minimum atomic E-state index is -0.747. The van der Waals surface area contributed by atoms with Gasteiger partial charge >= 0.3 is 5.97 Å². The number of pyridine rings is 1. The minimum absolute atomic E-state index is 0.0866. The lowest BCUT2D eigenvalue weighted by atomic mass is 9.87. The van der Waals surface area contributed by atoms with Crippen LogP contribution in [-0.4, -0.2) is 39.2 Å². The summed E-state index contributed by atoms with van der Waals surface area (Å²) in [6, 6.07) is 14.4. The number of carboxylic acids is 1. The molecule has 9 heteroatoms. The van der Waals surface area contributed by atoms with E-state index in [1.54, 1.807) is 18.2 Å². The Kier molecular flexibility index (Phi) is 6.30. The van der Waals surface area contributed by atoms with E-state index >= 15 is 0 Å². The first-order valence-corrected chi connectivity index (χ1v) is 11.7. The van der Waals surface area contributed by atoms with Gasteiger partial charge in [-0.3, -0.25) is 9.78 Å². The largest absolute Gasteiger partial charge is 0.494 e. The smallest absolute Gasteiger partial charge is 0.306 e.